The summed E-state index contributed by atoms with van der Waals surface area (Å²) in [6.07, 6.45) is 1.20. The molecular weight excluding hydrogens is 172 g/mol. The minimum Gasteiger partial charge on any atom is -0.433 e. The van der Waals surface area contributed by atoms with Crippen molar-refractivity contribution < 1.29 is 19.4 Å². The van der Waals surface area contributed by atoms with Crippen LogP contribution in [0.1, 0.15) is 32.6 Å². The number of carbonyl (C=O) groups excluding carboxylic acids is 1. The molecule has 0 amide bonds. The van der Waals surface area contributed by atoms with Gasteiger partial charge in [0.1, 0.15) is 6.10 Å². The molecule has 1 N–H and O–H groups in total. The maximum Gasteiger partial charge on any atom is 0.308 e. The number of hydrogen-bond acceptors (Lipinski definition) is 4. The van der Waals surface area contributed by atoms with Crippen LogP contribution in [0.2, 0.25) is 0 Å². The van der Waals surface area contributed by atoms with Gasteiger partial charge in [-0.15, -0.1) is 0 Å². The molecule has 0 spiro atoms. The van der Waals surface area contributed by atoms with Crippen LogP contribution >= 0.6 is 0 Å². The summed E-state index contributed by atoms with van der Waals surface area (Å²) < 4.78 is 10.0. The van der Waals surface area contributed by atoms with Gasteiger partial charge in [-0.3, -0.25) is 4.79 Å². The third-order valence-corrected chi connectivity index (χ3v) is 1.94. The van der Waals surface area contributed by atoms with Gasteiger partial charge in [0.25, 0.3) is 0 Å². The average Bonchev–Trinajstić information content (AvgIpc) is 2.09. The number of carbonyl (C=O) groups is 1. The Balaban J connectivity index is 2.29. The fourth-order valence-corrected chi connectivity index (χ4v) is 1.24. The predicted molar refractivity (Wildman–Crippen MR) is 46.0 cm³/mol. The van der Waals surface area contributed by atoms with E-state index < -0.39 is 12.4 Å². The summed E-state index contributed by atoms with van der Waals surface area (Å²) in [5.74, 6) is -0.298. The highest BCUT2D eigenvalue weighted by Gasteiger charge is 2.26. The first-order chi connectivity index (χ1) is 6.24. The predicted octanol–water partition coefficient (Wildman–Crippen LogP) is 0.827. The van der Waals surface area contributed by atoms with Gasteiger partial charge in [-0.25, -0.2) is 0 Å². The third kappa shape index (κ3) is 3.32. The molecule has 0 aromatic rings. The van der Waals surface area contributed by atoms with Crippen molar-refractivity contribution in [1.82, 2.24) is 0 Å². The molecule has 1 rings (SSSR count). The fourth-order valence-electron chi connectivity index (χ4n) is 1.24. The molecule has 1 saturated heterocycles. The molecule has 4 heteroatoms. The second-order valence-corrected chi connectivity index (χ2v) is 3.19. The van der Waals surface area contributed by atoms with Crippen LogP contribution < -0.4 is 0 Å². The highest BCUT2D eigenvalue weighted by Crippen LogP contribution is 2.15. The SMILES string of the molecule is CCCC(=O)OC1OCCCC1O. The number of aliphatic hydroxyl groups excluding tert-OH is 1. The van der Waals surface area contributed by atoms with Crippen molar-refractivity contribution >= 4 is 5.97 Å². The Morgan fingerprint density at radius 1 is 1.69 bits per heavy atom. The fraction of sp³-hybridized carbons (Fsp3) is 0.889. The Morgan fingerprint density at radius 3 is 3.08 bits per heavy atom. The molecule has 13 heavy (non-hydrogen) atoms. The lowest BCUT2D eigenvalue weighted by Gasteiger charge is -2.27. The highest BCUT2D eigenvalue weighted by atomic mass is 16.7. The van der Waals surface area contributed by atoms with E-state index in [1.165, 1.54) is 0 Å². The number of aliphatic hydroxyl groups is 1. The maximum absolute atomic E-state index is 11.0. The van der Waals surface area contributed by atoms with Gasteiger partial charge in [-0.05, 0) is 19.3 Å². The molecule has 0 aromatic carbocycles. The second kappa shape index (κ2) is 5.19. The van der Waals surface area contributed by atoms with E-state index in [-0.39, 0.29) is 5.97 Å². The first kappa shape index (κ1) is 10.5. The van der Waals surface area contributed by atoms with Gasteiger partial charge in [0.2, 0.25) is 6.29 Å². The number of rotatable bonds is 3. The van der Waals surface area contributed by atoms with E-state index in [0.29, 0.717) is 19.4 Å². The first-order valence-electron chi connectivity index (χ1n) is 4.73. The van der Waals surface area contributed by atoms with Gasteiger partial charge in [-0.1, -0.05) is 6.92 Å². The van der Waals surface area contributed by atoms with Crippen LogP contribution in [-0.2, 0) is 14.3 Å². The van der Waals surface area contributed by atoms with E-state index in [1.807, 2.05) is 6.92 Å². The van der Waals surface area contributed by atoms with Crippen LogP contribution in [0.4, 0.5) is 0 Å². The standard InChI is InChI=1S/C9H16O4/c1-2-4-8(11)13-9-7(10)5-3-6-12-9/h7,9-10H,2-6H2,1H3. The molecule has 1 aliphatic heterocycles. The normalized spacial score (nSPS) is 28.5. The molecule has 1 fully saturated rings. The van der Waals surface area contributed by atoms with Crippen LogP contribution in [0.15, 0.2) is 0 Å². The molecule has 0 aromatic heterocycles. The molecule has 1 aliphatic rings. The molecular formula is C9H16O4. The monoisotopic (exact) mass is 188 g/mol. The van der Waals surface area contributed by atoms with Gasteiger partial charge >= 0.3 is 5.97 Å². The summed E-state index contributed by atoms with van der Waals surface area (Å²) in [4.78, 5) is 11.0. The van der Waals surface area contributed by atoms with Crippen molar-refractivity contribution in [2.24, 2.45) is 0 Å². The zero-order chi connectivity index (χ0) is 9.68. The summed E-state index contributed by atoms with van der Waals surface area (Å²) in [5.41, 5.74) is 0. The largest absolute Gasteiger partial charge is 0.433 e. The minimum atomic E-state index is -0.743. The van der Waals surface area contributed by atoms with Crippen LogP contribution in [0.5, 0.6) is 0 Å². The smallest absolute Gasteiger partial charge is 0.308 e. The maximum atomic E-state index is 11.0. The van der Waals surface area contributed by atoms with E-state index >= 15 is 0 Å². The van der Waals surface area contributed by atoms with Gasteiger partial charge in [-0.2, -0.15) is 0 Å². The zero-order valence-corrected chi connectivity index (χ0v) is 7.86. The van der Waals surface area contributed by atoms with Crippen molar-refractivity contribution in [3.05, 3.63) is 0 Å². The van der Waals surface area contributed by atoms with Crippen molar-refractivity contribution in [3.63, 3.8) is 0 Å². The Bertz CT molecular complexity index is 169. The van der Waals surface area contributed by atoms with E-state index in [9.17, 15) is 9.90 Å². The lowest BCUT2D eigenvalue weighted by molar-refractivity contribution is -0.216. The summed E-state index contributed by atoms with van der Waals surface area (Å²) in [6, 6.07) is 0. The second-order valence-electron chi connectivity index (χ2n) is 3.19. The Kier molecular flexibility index (Phi) is 4.18. The minimum absolute atomic E-state index is 0.298. The summed E-state index contributed by atoms with van der Waals surface area (Å²) in [5, 5.41) is 9.38. The average molecular weight is 188 g/mol. The molecule has 0 aliphatic carbocycles. The molecule has 4 nitrogen and oxygen atoms in total. The summed E-state index contributed by atoms with van der Waals surface area (Å²) in [6.45, 7) is 2.46. The van der Waals surface area contributed by atoms with E-state index in [0.717, 1.165) is 12.8 Å². The lowest BCUT2D eigenvalue weighted by Crippen LogP contribution is -2.37. The number of esters is 1. The Morgan fingerprint density at radius 2 is 2.46 bits per heavy atom. The molecule has 0 radical (unpaired) electrons. The summed E-state index contributed by atoms with van der Waals surface area (Å²) >= 11 is 0. The molecule has 2 unspecified atom stereocenters. The zero-order valence-electron chi connectivity index (χ0n) is 7.86. The lowest BCUT2D eigenvalue weighted by atomic mass is 10.1. The van der Waals surface area contributed by atoms with E-state index in [4.69, 9.17) is 9.47 Å². The van der Waals surface area contributed by atoms with Crippen LogP contribution in [0.3, 0.4) is 0 Å². The molecule has 76 valence electrons. The van der Waals surface area contributed by atoms with Crippen LogP contribution in [-0.4, -0.2) is 30.1 Å². The molecule has 0 bridgehead atoms. The van der Waals surface area contributed by atoms with E-state index in [1.54, 1.807) is 0 Å². The third-order valence-electron chi connectivity index (χ3n) is 1.94. The van der Waals surface area contributed by atoms with Crippen molar-refractivity contribution in [3.8, 4) is 0 Å². The quantitative estimate of drug-likeness (QED) is 0.666. The first-order valence-corrected chi connectivity index (χ1v) is 4.73. The highest BCUT2D eigenvalue weighted by molar-refractivity contribution is 5.69. The van der Waals surface area contributed by atoms with Crippen molar-refractivity contribution in [2.75, 3.05) is 6.61 Å². The Labute approximate surface area is 77.8 Å². The van der Waals surface area contributed by atoms with Crippen molar-refractivity contribution in [1.29, 1.82) is 0 Å². The molecule has 0 saturated carbocycles. The van der Waals surface area contributed by atoms with Gasteiger partial charge in [0.15, 0.2) is 0 Å². The number of hydrogen-bond donors (Lipinski definition) is 1. The molecule has 2 atom stereocenters. The van der Waals surface area contributed by atoms with Gasteiger partial charge < -0.3 is 14.6 Å². The molecule has 1 heterocycles. The summed E-state index contributed by atoms with van der Waals surface area (Å²) in [7, 11) is 0. The van der Waals surface area contributed by atoms with E-state index in [2.05, 4.69) is 0 Å². The number of ether oxygens (including phenoxy) is 2. The van der Waals surface area contributed by atoms with Gasteiger partial charge in [0, 0.05) is 6.42 Å². The van der Waals surface area contributed by atoms with Crippen LogP contribution in [0, 0.1) is 0 Å². The van der Waals surface area contributed by atoms with Gasteiger partial charge in [0.05, 0.1) is 6.61 Å². The topological polar surface area (TPSA) is 55.8 Å². The van der Waals surface area contributed by atoms with Crippen LogP contribution in [0.25, 0.3) is 0 Å². The Hall–Kier alpha value is -0.610. The van der Waals surface area contributed by atoms with Crippen molar-refractivity contribution in [2.45, 2.75) is 45.0 Å².